The van der Waals surface area contributed by atoms with Gasteiger partial charge in [0.15, 0.2) is 0 Å². The molecule has 1 atom stereocenters. The standard InChI is InChI=1S/C24H27Cl2N5O3S/c1-27-24(33)20(9-12-35-2)29-22(32)6-4-11-34-23-14-21(16-5-3-10-28-15-16)30-31(23)17-7-8-18(25)19(26)13-17/h3,5,7-8,10,13-15,20H,4,6,9,11-12H2,1-2H3,(H,27,33)(H,29,32). The SMILES string of the molecule is CNC(=O)C(CCSC)NC(=O)CCCOc1cc(-c2cccnc2)nn1-c1ccc(Cl)c(Cl)c1. The fourth-order valence-corrected chi connectivity index (χ4v) is 4.04. The number of hydrogen-bond acceptors (Lipinski definition) is 6. The van der Waals surface area contributed by atoms with Gasteiger partial charge in [-0.1, -0.05) is 23.2 Å². The summed E-state index contributed by atoms with van der Waals surface area (Å²) in [7, 11) is 1.56. The number of benzene rings is 1. The molecule has 186 valence electrons. The largest absolute Gasteiger partial charge is 0.478 e. The number of carbonyl (C=O) groups is 2. The molecule has 0 fully saturated rings. The highest BCUT2D eigenvalue weighted by Gasteiger charge is 2.19. The number of carbonyl (C=O) groups excluding carboxylic acids is 2. The van der Waals surface area contributed by atoms with E-state index in [0.29, 0.717) is 40.1 Å². The number of nitrogens with one attached hydrogen (secondary N) is 2. The highest BCUT2D eigenvalue weighted by atomic mass is 35.5. The number of pyridine rings is 1. The summed E-state index contributed by atoms with van der Waals surface area (Å²) in [6, 6.07) is 10.2. The van der Waals surface area contributed by atoms with Crippen LogP contribution in [0.3, 0.4) is 0 Å². The monoisotopic (exact) mass is 535 g/mol. The second-order valence-electron chi connectivity index (χ2n) is 7.59. The topological polar surface area (TPSA) is 98.1 Å². The average Bonchev–Trinajstić information content (AvgIpc) is 3.30. The lowest BCUT2D eigenvalue weighted by molar-refractivity contribution is -0.128. The molecule has 0 bridgehead atoms. The van der Waals surface area contributed by atoms with Gasteiger partial charge in [-0.3, -0.25) is 14.6 Å². The Bertz CT molecular complexity index is 1140. The quantitative estimate of drug-likeness (QED) is 0.334. The molecule has 35 heavy (non-hydrogen) atoms. The Morgan fingerprint density at radius 2 is 2.03 bits per heavy atom. The van der Waals surface area contributed by atoms with Crippen LogP contribution in [0.4, 0.5) is 0 Å². The van der Waals surface area contributed by atoms with Gasteiger partial charge in [-0.15, -0.1) is 0 Å². The fourth-order valence-electron chi connectivity index (χ4n) is 3.28. The van der Waals surface area contributed by atoms with Gasteiger partial charge in [-0.25, -0.2) is 4.68 Å². The zero-order chi connectivity index (χ0) is 25.2. The summed E-state index contributed by atoms with van der Waals surface area (Å²) in [5.74, 6) is 0.875. The van der Waals surface area contributed by atoms with E-state index in [1.807, 2.05) is 24.5 Å². The first-order valence-corrected chi connectivity index (χ1v) is 13.2. The van der Waals surface area contributed by atoms with E-state index < -0.39 is 6.04 Å². The van der Waals surface area contributed by atoms with Gasteiger partial charge >= 0.3 is 0 Å². The molecule has 0 aliphatic rings. The van der Waals surface area contributed by atoms with Gasteiger partial charge in [0, 0.05) is 37.5 Å². The van der Waals surface area contributed by atoms with E-state index in [0.717, 1.165) is 11.3 Å². The van der Waals surface area contributed by atoms with Crippen molar-refractivity contribution in [2.75, 3.05) is 25.7 Å². The lowest BCUT2D eigenvalue weighted by Crippen LogP contribution is -2.46. The number of aromatic nitrogens is 3. The molecular weight excluding hydrogens is 509 g/mol. The zero-order valence-electron chi connectivity index (χ0n) is 19.5. The minimum absolute atomic E-state index is 0.197. The molecule has 3 aromatic rings. The minimum Gasteiger partial charge on any atom is -0.478 e. The average molecular weight is 536 g/mol. The van der Waals surface area contributed by atoms with Gasteiger partial charge in [0.1, 0.15) is 6.04 Å². The summed E-state index contributed by atoms with van der Waals surface area (Å²) in [5.41, 5.74) is 2.20. The summed E-state index contributed by atoms with van der Waals surface area (Å²) >= 11 is 13.9. The lowest BCUT2D eigenvalue weighted by atomic mass is 10.2. The maximum absolute atomic E-state index is 12.4. The first kappa shape index (κ1) is 26.8. The van der Waals surface area contributed by atoms with E-state index in [1.54, 1.807) is 54.1 Å². The predicted molar refractivity (Wildman–Crippen MR) is 141 cm³/mol. The number of halogens is 2. The molecule has 8 nitrogen and oxygen atoms in total. The van der Waals surface area contributed by atoms with Gasteiger partial charge in [0.05, 0.1) is 28.0 Å². The predicted octanol–water partition coefficient (Wildman–Crippen LogP) is 4.38. The highest BCUT2D eigenvalue weighted by Crippen LogP contribution is 2.29. The van der Waals surface area contributed by atoms with Crippen LogP contribution >= 0.6 is 35.0 Å². The summed E-state index contributed by atoms with van der Waals surface area (Å²) < 4.78 is 7.63. The van der Waals surface area contributed by atoms with E-state index in [-0.39, 0.29) is 24.8 Å². The van der Waals surface area contributed by atoms with Crippen molar-refractivity contribution >= 4 is 46.8 Å². The fraction of sp³-hybridized carbons (Fsp3) is 0.333. The molecule has 1 unspecified atom stereocenters. The van der Waals surface area contributed by atoms with E-state index in [1.165, 1.54) is 0 Å². The second kappa shape index (κ2) is 13.4. The van der Waals surface area contributed by atoms with Crippen molar-refractivity contribution in [3.05, 3.63) is 58.8 Å². The summed E-state index contributed by atoms with van der Waals surface area (Å²) in [4.78, 5) is 28.6. The molecule has 2 aromatic heterocycles. The van der Waals surface area contributed by atoms with Crippen LogP contribution in [0.15, 0.2) is 48.8 Å². The van der Waals surface area contributed by atoms with Crippen LogP contribution in [0.5, 0.6) is 5.88 Å². The third-order valence-corrected chi connectivity index (χ3v) is 6.47. The minimum atomic E-state index is -0.543. The van der Waals surface area contributed by atoms with Gasteiger partial charge in [0.2, 0.25) is 17.7 Å². The number of nitrogens with zero attached hydrogens (tertiary/aromatic N) is 3. The Hall–Kier alpha value is -2.75. The normalized spacial score (nSPS) is 11.7. The van der Waals surface area contributed by atoms with Crippen molar-refractivity contribution in [3.63, 3.8) is 0 Å². The number of hydrogen-bond donors (Lipinski definition) is 2. The van der Waals surface area contributed by atoms with Crippen LogP contribution in [-0.2, 0) is 9.59 Å². The maximum Gasteiger partial charge on any atom is 0.242 e. The summed E-state index contributed by atoms with van der Waals surface area (Å²) in [6.07, 6.45) is 6.63. The molecule has 2 heterocycles. The molecule has 0 radical (unpaired) electrons. The van der Waals surface area contributed by atoms with Gasteiger partial charge in [0.25, 0.3) is 0 Å². The van der Waals surface area contributed by atoms with Crippen LogP contribution in [0.1, 0.15) is 19.3 Å². The van der Waals surface area contributed by atoms with E-state index >= 15 is 0 Å². The molecular formula is C24H27Cl2N5O3S. The molecule has 3 rings (SSSR count). The third kappa shape index (κ3) is 7.62. The first-order valence-electron chi connectivity index (χ1n) is 11.0. The highest BCUT2D eigenvalue weighted by molar-refractivity contribution is 7.98. The van der Waals surface area contributed by atoms with Gasteiger partial charge in [-0.05, 0) is 55.2 Å². The van der Waals surface area contributed by atoms with Crippen molar-refractivity contribution < 1.29 is 14.3 Å². The molecule has 11 heteroatoms. The smallest absolute Gasteiger partial charge is 0.242 e. The summed E-state index contributed by atoms with van der Waals surface area (Å²) in [5, 5.41) is 10.9. The number of amides is 2. The Balaban J connectivity index is 1.66. The van der Waals surface area contributed by atoms with E-state index in [9.17, 15) is 9.59 Å². The van der Waals surface area contributed by atoms with Crippen LogP contribution in [-0.4, -0.2) is 58.3 Å². The number of ether oxygens (including phenoxy) is 1. The molecule has 0 aliphatic carbocycles. The number of likely N-dealkylation sites (N-methyl/N-ethyl adjacent to an activating group) is 1. The van der Waals surface area contributed by atoms with Crippen LogP contribution in [0, 0.1) is 0 Å². The van der Waals surface area contributed by atoms with E-state index in [2.05, 4.69) is 20.7 Å². The van der Waals surface area contributed by atoms with Gasteiger partial charge in [-0.2, -0.15) is 16.9 Å². The Labute approximate surface area is 218 Å². The first-order chi connectivity index (χ1) is 16.9. The molecule has 0 spiro atoms. The molecule has 0 saturated carbocycles. The van der Waals surface area contributed by atoms with Crippen LogP contribution in [0.2, 0.25) is 10.0 Å². The molecule has 0 saturated heterocycles. The Morgan fingerprint density at radius 3 is 2.71 bits per heavy atom. The van der Waals surface area contributed by atoms with Crippen LogP contribution < -0.4 is 15.4 Å². The molecule has 2 amide bonds. The van der Waals surface area contributed by atoms with Crippen molar-refractivity contribution in [2.24, 2.45) is 0 Å². The number of thioether (sulfide) groups is 1. The third-order valence-electron chi connectivity index (χ3n) is 5.09. The maximum atomic E-state index is 12.4. The second-order valence-corrected chi connectivity index (χ2v) is 9.39. The molecule has 2 N–H and O–H groups in total. The Kier molecular flexibility index (Phi) is 10.3. The summed E-state index contributed by atoms with van der Waals surface area (Å²) in [6.45, 7) is 0.280. The van der Waals surface area contributed by atoms with Crippen molar-refractivity contribution in [3.8, 4) is 22.8 Å². The Morgan fingerprint density at radius 1 is 1.20 bits per heavy atom. The molecule has 0 aliphatic heterocycles. The van der Waals surface area contributed by atoms with E-state index in [4.69, 9.17) is 27.9 Å². The molecule has 1 aromatic carbocycles. The van der Waals surface area contributed by atoms with Crippen molar-refractivity contribution in [1.82, 2.24) is 25.4 Å². The van der Waals surface area contributed by atoms with Crippen LogP contribution in [0.25, 0.3) is 16.9 Å². The lowest BCUT2D eigenvalue weighted by Gasteiger charge is -2.17. The van der Waals surface area contributed by atoms with Crippen molar-refractivity contribution in [1.29, 1.82) is 0 Å². The number of rotatable bonds is 12. The van der Waals surface area contributed by atoms with Gasteiger partial charge < -0.3 is 15.4 Å². The zero-order valence-corrected chi connectivity index (χ0v) is 21.8. The van der Waals surface area contributed by atoms with Crippen molar-refractivity contribution in [2.45, 2.75) is 25.3 Å².